The minimum Gasteiger partial charge on any atom is -0.376 e. The van der Waals surface area contributed by atoms with Gasteiger partial charge in [0.15, 0.2) is 0 Å². The lowest BCUT2D eigenvalue weighted by molar-refractivity contribution is 0.107. The highest BCUT2D eigenvalue weighted by Gasteiger charge is 2.11. The molecule has 0 fully saturated rings. The molecule has 0 rings (SSSR count). The van der Waals surface area contributed by atoms with Gasteiger partial charge in [-0.05, 0) is 20.8 Å². The summed E-state index contributed by atoms with van der Waals surface area (Å²) in [6.07, 6.45) is 0. The van der Waals surface area contributed by atoms with Gasteiger partial charge >= 0.3 is 9.53 Å². The summed E-state index contributed by atoms with van der Waals surface area (Å²) in [4.78, 5) is 0. The minimum atomic E-state index is -1.73. The zero-order valence-corrected chi connectivity index (χ0v) is 14.1. The van der Waals surface area contributed by atoms with E-state index in [2.05, 4.69) is 0 Å². The molecule has 3 nitrogen and oxygen atoms in total. The molecule has 0 radical (unpaired) electrons. The Bertz CT molecular complexity index is 67.8. The molecule has 0 aliphatic rings. The Morgan fingerprint density at radius 2 is 0.857 bits per heavy atom. The lowest BCUT2D eigenvalue weighted by Crippen LogP contribution is -2.27. The number of hydrogen-bond acceptors (Lipinski definition) is 3. The molecular formula is C6H24O3S4Si. The van der Waals surface area contributed by atoms with Gasteiger partial charge in [-0.2, -0.15) is 54.0 Å². The standard InChI is InChI=1S/C6H16O3Si.4H2S/c1-4-7-10(8-5-2)9-6-3;;;;/h10H,4-6H2,1-3H3;4*1H2. The first-order valence-electron chi connectivity index (χ1n) is 3.69. The van der Waals surface area contributed by atoms with E-state index in [0.29, 0.717) is 19.8 Å². The molecule has 0 aromatic heterocycles. The Balaban J connectivity index is -0.0000000675. The van der Waals surface area contributed by atoms with Gasteiger partial charge in [0, 0.05) is 19.8 Å². The second-order valence-electron chi connectivity index (χ2n) is 1.65. The van der Waals surface area contributed by atoms with Gasteiger partial charge in [0.05, 0.1) is 0 Å². The normalized spacial score (nSPS) is 7.71. The highest BCUT2D eigenvalue weighted by atomic mass is 32.1. The smallest absolute Gasteiger partial charge is 0.376 e. The van der Waals surface area contributed by atoms with Gasteiger partial charge in [0.25, 0.3) is 0 Å². The number of rotatable bonds is 6. The molecule has 14 heavy (non-hydrogen) atoms. The fourth-order valence-corrected chi connectivity index (χ4v) is 1.66. The molecule has 0 aromatic rings. The molecule has 94 valence electrons. The van der Waals surface area contributed by atoms with Crippen LogP contribution in [0.1, 0.15) is 20.8 Å². The molecule has 0 saturated heterocycles. The van der Waals surface area contributed by atoms with Crippen LogP contribution in [0.25, 0.3) is 0 Å². The monoisotopic (exact) mass is 300 g/mol. The van der Waals surface area contributed by atoms with Crippen molar-refractivity contribution in [3.63, 3.8) is 0 Å². The molecule has 0 atom stereocenters. The topological polar surface area (TPSA) is 27.7 Å². The maximum Gasteiger partial charge on any atom is 0.484 e. The van der Waals surface area contributed by atoms with Gasteiger partial charge in [-0.25, -0.2) is 0 Å². The van der Waals surface area contributed by atoms with E-state index in [0.717, 1.165) is 0 Å². The fourth-order valence-electron chi connectivity index (χ4n) is 0.553. The fraction of sp³-hybridized carbons (Fsp3) is 1.00. The van der Waals surface area contributed by atoms with Crippen LogP contribution in [-0.2, 0) is 13.3 Å². The maximum atomic E-state index is 5.22. The third kappa shape index (κ3) is 19.1. The molecule has 0 amide bonds. The average molecular weight is 301 g/mol. The zero-order chi connectivity index (χ0) is 7.82. The van der Waals surface area contributed by atoms with Crippen molar-refractivity contribution in [3.8, 4) is 0 Å². The summed E-state index contributed by atoms with van der Waals surface area (Å²) in [5.74, 6) is 0. The van der Waals surface area contributed by atoms with E-state index in [1.165, 1.54) is 0 Å². The van der Waals surface area contributed by atoms with Crippen LogP contribution in [0.15, 0.2) is 0 Å². The molecule has 0 aliphatic heterocycles. The highest BCUT2D eigenvalue weighted by molar-refractivity contribution is 7.59. The van der Waals surface area contributed by atoms with E-state index in [1.807, 2.05) is 20.8 Å². The molecule has 0 N–H and O–H groups in total. The summed E-state index contributed by atoms with van der Waals surface area (Å²) >= 11 is 0. The van der Waals surface area contributed by atoms with Crippen molar-refractivity contribution in [3.05, 3.63) is 0 Å². The van der Waals surface area contributed by atoms with Gasteiger partial charge in [0.1, 0.15) is 0 Å². The van der Waals surface area contributed by atoms with E-state index in [9.17, 15) is 0 Å². The van der Waals surface area contributed by atoms with Crippen molar-refractivity contribution in [1.29, 1.82) is 0 Å². The first-order valence-corrected chi connectivity index (χ1v) is 5.11. The molecule has 0 spiro atoms. The van der Waals surface area contributed by atoms with E-state index in [4.69, 9.17) is 13.3 Å². The summed E-state index contributed by atoms with van der Waals surface area (Å²) in [6, 6.07) is 0. The Labute approximate surface area is 117 Å². The number of hydrogen-bond donors (Lipinski definition) is 0. The molecule has 8 heteroatoms. The molecular weight excluding hydrogens is 276 g/mol. The molecule has 0 aromatic carbocycles. The van der Waals surface area contributed by atoms with Crippen LogP contribution in [0.2, 0.25) is 0 Å². The SMILES string of the molecule is CCO[SiH](OCC)OCC.S.S.S.S. The first-order chi connectivity index (χ1) is 4.85. The summed E-state index contributed by atoms with van der Waals surface area (Å²) in [5.41, 5.74) is 0. The first kappa shape index (κ1) is 29.6. The van der Waals surface area contributed by atoms with E-state index >= 15 is 0 Å². The summed E-state index contributed by atoms with van der Waals surface area (Å²) in [6.45, 7) is 7.86. The van der Waals surface area contributed by atoms with Crippen LogP contribution >= 0.6 is 54.0 Å². The van der Waals surface area contributed by atoms with Crippen LogP contribution < -0.4 is 0 Å². The maximum absolute atomic E-state index is 5.22. The van der Waals surface area contributed by atoms with Crippen LogP contribution in [0.4, 0.5) is 0 Å². The van der Waals surface area contributed by atoms with Crippen molar-refractivity contribution in [1.82, 2.24) is 0 Å². The third-order valence-corrected chi connectivity index (χ3v) is 2.72. The van der Waals surface area contributed by atoms with E-state index in [1.54, 1.807) is 0 Å². The Morgan fingerprint density at radius 3 is 1.00 bits per heavy atom. The Morgan fingerprint density at radius 1 is 0.643 bits per heavy atom. The lowest BCUT2D eigenvalue weighted by Gasteiger charge is -2.12. The van der Waals surface area contributed by atoms with Crippen LogP contribution in [0.3, 0.4) is 0 Å². The van der Waals surface area contributed by atoms with Gasteiger partial charge in [-0.3, -0.25) is 0 Å². The second-order valence-corrected chi connectivity index (χ2v) is 3.23. The van der Waals surface area contributed by atoms with Crippen molar-refractivity contribution < 1.29 is 13.3 Å². The van der Waals surface area contributed by atoms with Crippen molar-refractivity contribution >= 4 is 63.5 Å². The predicted molar refractivity (Wildman–Crippen MR) is 83.6 cm³/mol. The van der Waals surface area contributed by atoms with Crippen LogP contribution in [0.5, 0.6) is 0 Å². The lowest BCUT2D eigenvalue weighted by atomic mass is 10.9. The molecule has 0 bridgehead atoms. The molecule has 0 unspecified atom stereocenters. The van der Waals surface area contributed by atoms with E-state index < -0.39 is 9.53 Å². The largest absolute Gasteiger partial charge is 0.484 e. The Hall–Kier alpha value is 1.50. The van der Waals surface area contributed by atoms with Crippen molar-refractivity contribution in [2.75, 3.05) is 19.8 Å². The molecule has 0 saturated carbocycles. The quantitative estimate of drug-likeness (QED) is 0.691. The van der Waals surface area contributed by atoms with Crippen LogP contribution in [0, 0.1) is 0 Å². The predicted octanol–water partition coefficient (Wildman–Crippen LogP) is 1.26. The average Bonchev–Trinajstić information content (AvgIpc) is 1.90. The van der Waals surface area contributed by atoms with Crippen molar-refractivity contribution in [2.24, 2.45) is 0 Å². The van der Waals surface area contributed by atoms with Crippen molar-refractivity contribution in [2.45, 2.75) is 20.8 Å². The Kier molecular flexibility index (Phi) is 50.6. The minimum absolute atomic E-state index is 0. The zero-order valence-electron chi connectivity index (χ0n) is 8.92. The summed E-state index contributed by atoms with van der Waals surface area (Å²) < 4.78 is 15.7. The highest BCUT2D eigenvalue weighted by Crippen LogP contribution is 1.90. The molecule has 0 aliphatic carbocycles. The van der Waals surface area contributed by atoms with E-state index in [-0.39, 0.29) is 54.0 Å². The van der Waals surface area contributed by atoms with Gasteiger partial charge in [-0.1, -0.05) is 0 Å². The summed E-state index contributed by atoms with van der Waals surface area (Å²) in [5, 5.41) is 0. The van der Waals surface area contributed by atoms with Gasteiger partial charge < -0.3 is 13.3 Å². The second kappa shape index (κ2) is 24.0. The molecule has 0 heterocycles. The van der Waals surface area contributed by atoms with Gasteiger partial charge in [-0.15, -0.1) is 0 Å². The third-order valence-electron chi connectivity index (χ3n) is 0.908. The van der Waals surface area contributed by atoms with Crippen LogP contribution in [-0.4, -0.2) is 29.3 Å². The summed E-state index contributed by atoms with van der Waals surface area (Å²) in [7, 11) is -1.73. The van der Waals surface area contributed by atoms with Gasteiger partial charge in [0.2, 0.25) is 0 Å².